The molecule has 0 bridgehead atoms. The zero-order valence-corrected chi connectivity index (χ0v) is 9.95. The highest BCUT2D eigenvalue weighted by molar-refractivity contribution is 5.15. The van der Waals surface area contributed by atoms with Crippen LogP contribution in [0.5, 0.6) is 0 Å². The van der Waals surface area contributed by atoms with Crippen LogP contribution in [-0.2, 0) is 6.54 Å². The van der Waals surface area contributed by atoms with E-state index < -0.39 is 0 Å². The third kappa shape index (κ3) is 5.24. The van der Waals surface area contributed by atoms with Crippen LogP contribution in [0.25, 0.3) is 0 Å². The third-order valence-corrected chi connectivity index (χ3v) is 2.59. The predicted molar refractivity (Wildman–Crippen MR) is 65.6 cm³/mol. The highest BCUT2D eigenvalue weighted by Crippen LogP contribution is 2.07. The summed E-state index contributed by atoms with van der Waals surface area (Å²) >= 11 is 0. The Hall–Kier alpha value is -0.930. The van der Waals surface area contributed by atoms with E-state index in [0.29, 0.717) is 0 Å². The molecule has 0 aromatic heterocycles. The quantitative estimate of drug-likeness (QED) is 0.721. The van der Waals surface area contributed by atoms with Gasteiger partial charge in [-0.3, -0.25) is 0 Å². The molecule has 0 fully saturated rings. The van der Waals surface area contributed by atoms with Gasteiger partial charge in [0.2, 0.25) is 0 Å². The molecule has 3 heteroatoms. The number of hydrogen-bond donors (Lipinski definition) is 1. The molecule has 2 N–H and O–H groups in total. The second-order valence-corrected chi connectivity index (χ2v) is 4.22. The van der Waals surface area contributed by atoms with Crippen LogP contribution in [0.4, 0.5) is 4.39 Å². The number of nitrogens with two attached hydrogens (primary N) is 1. The van der Waals surface area contributed by atoms with Gasteiger partial charge in [-0.25, -0.2) is 4.39 Å². The van der Waals surface area contributed by atoms with Gasteiger partial charge in [-0.2, -0.15) is 0 Å². The molecule has 0 aliphatic rings. The molecule has 0 aliphatic carbocycles. The molecule has 0 spiro atoms. The number of nitrogens with zero attached hydrogens (tertiary/aromatic N) is 1. The molecule has 0 aliphatic heterocycles. The standard InChI is InChI=1S/C13H21FN2/c1-16(9-4-2-3-8-15)11-12-6-5-7-13(14)10-12/h5-7,10H,2-4,8-9,11,15H2,1H3. The summed E-state index contributed by atoms with van der Waals surface area (Å²) in [7, 11) is 2.06. The van der Waals surface area contributed by atoms with Crippen molar-refractivity contribution in [1.82, 2.24) is 4.90 Å². The minimum Gasteiger partial charge on any atom is -0.330 e. The predicted octanol–water partition coefficient (Wildman–Crippen LogP) is 2.39. The van der Waals surface area contributed by atoms with Crippen molar-refractivity contribution in [3.8, 4) is 0 Å². The van der Waals surface area contributed by atoms with Crippen LogP contribution in [0.15, 0.2) is 24.3 Å². The normalized spacial score (nSPS) is 11.0. The summed E-state index contributed by atoms with van der Waals surface area (Å²) in [5.74, 6) is -0.158. The topological polar surface area (TPSA) is 29.3 Å². The van der Waals surface area contributed by atoms with Crippen LogP contribution in [-0.4, -0.2) is 25.0 Å². The van der Waals surface area contributed by atoms with E-state index in [2.05, 4.69) is 11.9 Å². The van der Waals surface area contributed by atoms with Crippen molar-refractivity contribution in [2.75, 3.05) is 20.1 Å². The lowest BCUT2D eigenvalue weighted by atomic mass is 10.2. The van der Waals surface area contributed by atoms with Gasteiger partial charge >= 0.3 is 0 Å². The summed E-state index contributed by atoms with van der Waals surface area (Å²) < 4.78 is 12.9. The SMILES string of the molecule is CN(CCCCCN)Cc1cccc(F)c1. The molecule has 0 unspecified atom stereocenters. The molecular formula is C13H21FN2. The van der Waals surface area contributed by atoms with Gasteiger partial charge in [0, 0.05) is 6.54 Å². The van der Waals surface area contributed by atoms with Crippen LogP contribution in [0.1, 0.15) is 24.8 Å². The molecular weight excluding hydrogens is 203 g/mol. The molecule has 90 valence electrons. The molecule has 0 radical (unpaired) electrons. The van der Waals surface area contributed by atoms with E-state index in [1.165, 1.54) is 12.5 Å². The van der Waals surface area contributed by atoms with E-state index >= 15 is 0 Å². The zero-order valence-electron chi connectivity index (χ0n) is 9.95. The fraction of sp³-hybridized carbons (Fsp3) is 0.538. The maximum atomic E-state index is 12.9. The van der Waals surface area contributed by atoms with E-state index in [4.69, 9.17) is 5.73 Å². The van der Waals surface area contributed by atoms with Crippen molar-refractivity contribution >= 4 is 0 Å². The minimum atomic E-state index is -0.158. The van der Waals surface area contributed by atoms with E-state index in [1.807, 2.05) is 6.07 Å². The Morgan fingerprint density at radius 3 is 2.75 bits per heavy atom. The van der Waals surface area contributed by atoms with Crippen molar-refractivity contribution in [1.29, 1.82) is 0 Å². The molecule has 0 amide bonds. The lowest BCUT2D eigenvalue weighted by Crippen LogP contribution is -2.19. The average molecular weight is 224 g/mol. The Bertz CT molecular complexity index is 302. The number of halogens is 1. The van der Waals surface area contributed by atoms with Crippen LogP contribution < -0.4 is 5.73 Å². The van der Waals surface area contributed by atoms with Crippen LogP contribution in [0.3, 0.4) is 0 Å². The maximum absolute atomic E-state index is 12.9. The van der Waals surface area contributed by atoms with E-state index in [0.717, 1.165) is 38.0 Å². The summed E-state index contributed by atoms with van der Waals surface area (Å²) in [6.07, 6.45) is 3.42. The highest BCUT2D eigenvalue weighted by Gasteiger charge is 2.00. The fourth-order valence-electron chi connectivity index (χ4n) is 1.73. The molecule has 16 heavy (non-hydrogen) atoms. The van der Waals surface area contributed by atoms with E-state index in [9.17, 15) is 4.39 Å². The number of rotatable bonds is 7. The third-order valence-electron chi connectivity index (χ3n) is 2.59. The molecule has 1 aromatic rings. The van der Waals surface area contributed by atoms with E-state index in [1.54, 1.807) is 12.1 Å². The molecule has 0 atom stereocenters. The monoisotopic (exact) mass is 224 g/mol. The first-order valence-electron chi connectivity index (χ1n) is 5.85. The maximum Gasteiger partial charge on any atom is 0.123 e. The number of hydrogen-bond acceptors (Lipinski definition) is 2. The highest BCUT2D eigenvalue weighted by atomic mass is 19.1. The molecule has 1 rings (SSSR count). The largest absolute Gasteiger partial charge is 0.330 e. The Morgan fingerprint density at radius 2 is 2.06 bits per heavy atom. The smallest absolute Gasteiger partial charge is 0.123 e. The summed E-state index contributed by atoms with van der Waals surface area (Å²) in [6, 6.07) is 6.79. The van der Waals surface area contributed by atoms with Crippen LogP contribution in [0, 0.1) is 5.82 Å². The second-order valence-electron chi connectivity index (χ2n) is 4.22. The van der Waals surface area contributed by atoms with Crippen LogP contribution >= 0.6 is 0 Å². The van der Waals surface area contributed by atoms with Crippen LogP contribution in [0.2, 0.25) is 0 Å². The lowest BCUT2D eigenvalue weighted by molar-refractivity contribution is 0.317. The lowest BCUT2D eigenvalue weighted by Gasteiger charge is -2.16. The van der Waals surface area contributed by atoms with Gasteiger partial charge in [0.05, 0.1) is 0 Å². The van der Waals surface area contributed by atoms with Crippen molar-refractivity contribution < 1.29 is 4.39 Å². The first-order valence-corrected chi connectivity index (χ1v) is 5.85. The zero-order chi connectivity index (χ0) is 11.8. The Kier molecular flexibility index (Phi) is 6.04. The van der Waals surface area contributed by atoms with Gasteiger partial charge in [0.15, 0.2) is 0 Å². The minimum absolute atomic E-state index is 0.158. The molecule has 1 aromatic carbocycles. The van der Waals surface area contributed by atoms with Gasteiger partial charge in [0.1, 0.15) is 5.82 Å². The molecule has 0 saturated heterocycles. The Labute approximate surface area is 97.3 Å². The van der Waals surface area contributed by atoms with Gasteiger partial charge in [-0.05, 0) is 50.7 Å². The summed E-state index contributed by atoms with van der Waals surface area (Å²) in [6.45, 7) is 2.62. The van der Waals surface area contributed by atoms with Crippen molar-refractivity contribution in [3.05, 3.63) is 35.6 Å². The number of unbranched alkanes of at least 4 members (excludes halogenated alkanes) is 2. The molecule has 2 nitrogen and oxygen atoms in total. The first-order chi connectivity index (χ1) is 7.72. The Morgan fingerprint density at radius 1 is 1.25 bits per heavy atom. The van der Waals surface area contributed by atoms with Gasteiger partial charge in [-0.1, -0.05) is 18.6 Å². The van der Waals surface area contributed by atoms with Gasteiger partial charge < -0.3 is 10.6 Å². The number of benzene rings is 1. The molecule has 0 heterocycles. The van der Waals surface area contributed by atoms with Crippen molar-refractivity contribution in [2.24, 2.45) is 5.73 Å². The van der Waals surface area contributed by atoms with Gasteiger partial charge in [-0.15, -0.1) is 0 Å². The summed E-state index contributed by atoms with van der Waals surface area (Å²) in [4.78, 5) is 2.21. The average Bonchev–Trinajstić information content (AvgIpc) is 2.24. The Balaban J connectivity index is 2.25. The summed E-state index contributed by atoms with van der Waals surface area (Å²) in [5.41, 5.74) is 6.46. The fourth-order valence-corrected chi connectivity index (χ4v) is 1.73. The van der Waals surface area contributed by atoms with Crippen molar-refractivity contribution in [3.63, 3.8) is 0 Å². The first kappa shape index (κ1) is 13.1. The summed E-state index contributed by atoms with van der Waals surface area (Å²) in [5, 5.41) is 0. The second kappa shape index (κ2) is 7.36. The molecule has 0 saturated carbocycles. The van der Waals surface area contributed by atoms with Gasteiger partial charge in [0.25, 0.3) is 0 Å². The van der Waals surface area contributed by atoms with E-state index in [-0.39, 0.29) is 5.82 Å². The van der Waals surface area contributed by atoms with Crippen molar-refractivity contribution in [2.45, 2.75) is 25.8 Å².